The lowest BCUT2D eigenvalue weighted by molar-refractivity contribution is 0.268. The average molecular weight is 349 g/mol. The Labute approximate surface area is 132 Å². The Kier molecular flexibility index (Phi) is 4.98. The van der Waals surface area contributed by atoms with Crippen LogP contribution >= 0.6 is 15.9 Å². The molecule has 0 aromatic heterocycles. The largest absolute Gasteiger partial charge is 0.505 e. The molecule has 2 N–H and O–H groups in total. The summed E-state index contributed by atoms with van der Waals surface area (Å²) in [6, 6.07) is 9.61. The minimum absolute atomic E-state index is 0.0918. The number of aryl methyl sites for hydroxylation is 2. The number of phenols is 1. The van der Waals surface area contributed by atoms with Gasteiger partial charge in [0, 0.05) is 16.3 Å². The van der Waals surface area contributed by atoms with Crippen molar-refractivity contribution in [2.24, 2.45) is 4.99 Å². The van der Waals surface area contributed by atoms with E-state index in [1.807, 2.05) is 32.0 Å². The first-order valence-electron chi connectivity index (χ1n) is 6.44. The smallest absolute Gasteiger partial charge is 0.149 e. The highest BCUT2D eigenvalue weighted by molar-refractivity contribution is 9.10. The van der Waals surface area contributed by atoms with Gasteiger partial charge in [-0.2, -0.15) is 0 Å². The molecule has 5 heteroatoms. The number of benzene rings is 2. The molecule has 2 aromatic rings. The fraction of sp³-hybridized carbons (Fsp3) is 0.188. The van der Waals surface area contributed by atoms with Crippen LogP contribution in [-0.4, -0.2) is 18.4 Å². The number of phenolic OH excluding ortho intramolecular Hbond substituents is 1. The summed E-state index contributed by atoms with van der Waals surface area (Å²) in [6.45, 7) is 4.03. The van der Waals surface area contributed by atoms with Crippen LogP contribution in [0.1, 0.15) is 16.7 Å². The van der Waals surface area contributed by atoms with E-state index in [1.54, 1.807) is 18.3 Å². The highest BCUT2D eigenvalue weighted by Gasteiger charge is 2.08. The molecule has 0 unspecified atom stereocenters. The molecule has 0 saturated heterocycles. The van der Waals surface area contributed by atoms with Crippen molar-refractivity contribution in [3.8, 4) is 5.75 Å². The van der Waals surface area contributed by atoms with E-state index in [0.717, 1.165) is 21.3 Å². The van der Waals surface area contributed by atoms with Crippen LogP contribution in [0.5, 0.6) is 5.75 Å². The summed E-state index contributed by atoms with van der Waals surface area (Å²) in [5.41, 5.74) is 6.83. The Morgan fingerprint density at radius 1 is 1.24 bits per heavy atom. The number of nitrogens with one attached hydrogen (secondary N) is 1. The maximum atomic E-state index is 10.2. The Bertz CT molecular complexity index is 684. The first-order chi connectivity index (χ1) is 10.0. The van der Waals surface area contributed by atoms with Gasteiger partial charge in [-0.25, -0.2) is 0 Å². The number of anilines is 1. The standard InChI is InChI=1S/C16H17BrN2O2/c1-10-4-5-11(2)14(6-10)18-9-12-7-13(17)8-15(16(12)20)19-21-3/h4-9,19-20H,1-3H3. The molecular formula is C16H17BrN2O2. The summed E-state index contributed by atoms with van der Waals surface area (Å²) in [4.78, 5) is 9.31. The molecule has 0 heterocycles. The molecule has 21 heavy (non-hydrogen) atoms. The number of hydrogen-bond donors (Lipinski definition) is 2. The summed E-state index contributed by atoms with van der Waals surface area (Å²) < 4.78 is 0.822. The lowest BCUT2D eigenvalue weighted by Crippen LogP contribution is -1.97. The van der Waals surface area contributed by atoms with Gasteiger partial charge in [-0.1, -0.05) is 28.1 Å². The minimum Gasteiger partial charge on any atom is -0.505 e. The molecule has 0 amide bonds. The molecule has 0 spiro atoms. The van der Waals surface area contributed by atoms with E-state index in [1.165, 1.54) is 7.11 Å². The minimum atomic E-state index is 0.0918. The summed E-state index contributed by atoms with van der Waals surface area (Å²) in [5, 5.41) is 10.2. The number of hydrogen-bond acceptors (Lipinski definition) is 4. The molecule has 0 saturated carbocycles. The van der Waals surface area contributed by atoms with Crippen molar-refractivity contribution in [3.05, 3.63) is 51.5 Å². The van der Waals surface area contributed by atoms with Gasteiger partial charge >= 0.3 is 0 Å². The van der Waals surface area contributed by atoms with Gasteiger partial charge in [-0.05, 0) is 43.2 Å². The van der Waals surface area contributed by atoms with Crippen LogP contribution in [-0.2, 0) is 4.84 Å². The molecular weight excluding hydrogens is 332 g/mol. The van der Waals surface area contributed by atoms with Crippen LogP contribution in [0.15, 0.2) is 39.8 Å². The molecule has 0 aliphatic heterocycles. The number of nitrogens with zero attached hydrogens (tertiary/aromatic N) is 1. The Balaban J connectivity index is 2.38. The van der Waals surface area contributed by atoms with E-state index in [-0.39, 0.29) is 5.75 Å². The lowest BCUT2D eigenvalue weighted by atomic mass is 10.1. The second-order valence-electron chi connectivity index (χ2n) is 4.75. The molecule has 0 radical (unpaired) electrons. The second-order valence-corrected chi connectivity index (χ2v) is 5.66. The highest BCUT2D eigenvalue weighted by atomic mass is 79.9. The van der Waals surface area contributed by atoms with E-state index in [0.29, 0.717) is 11.3 Å². The zero-order valence-electron chi connectivity index (χ0n) is 12.1. The van der Waals surface area contributed by atoms with Crippen LogP contribution < -0.4 is 5.48 Å². The number of rotatable bonds is 4. The summed E-state index contributed by atoms with van der Waals surface area (Å²) in [7, 11) is 1.49. The van der Waals surface area contributed by atoms with Crippen LogP contribution in [0.2, 0.25) is 0 Å². The van der Waals surface area contributed by atoms with Crippen molar-refractivity contribution >= 4 is 33.5 Å². The van der Waals surface area contributed by atoms with Crippen molar-refractivity contribution in [1.82, 2.24) is 0 Å². The average Bonchev–Trinajstić information content (AvgIpc) is 2.44. The third-order valence-corrected chi connectivity index (χ3v) is 3.48. The van der Waals surface area contributed by atoms with Gasteiger partial charge in [0.2, 0.25) is 0 Å². The first-order valence-corrected chi connectivity index (χ1v) is 7.23. The van der Waals surface area contributed by atoms with Crippen molar-refractivity contribution in [3.63, 3.8) is 0 Å². The fourth-order valence-corrected chi connectivity index (χ4v) is 2.38. The zero-order chi connectivity index (χ0) is 15.4. The van der Waals surface area contributed by atoms with E-state index in [2.05, 4.69) is 26.4 Å². The molecule has 0 atom stereocenters. The summed E-state index contributed by atoms with van der Waals surface area (Å²) in [5.74, 6) is 0.0918. The molecule has 2 rings (SSSR count). The maximum Gasteiger partial charge on any atom is 0.149 e. The van der Waals surface area contributed by atoms with Crippen LogP contribution in [0, 0.1) is 13.8 Å². The van der Waals surface area contributed by atoms with E-state index in [9.17, 15) is 5.11 Å². The van der Waals surface area contributed by atoms with Crippen molar-refractivity contribution in [2.45, 2.75) is 13.8 Å². The molecule has 4 nitrogen and oxygen atoms in total. The molecule has 0 aliphatic rings. The van der Waals surface area contributed by atoms with Gasteiger partial charge in [0.15, 0.2) is 0 Å². The van der Waals surface area contributed by atoms with Gasteiger partial charge in [0.05, 0.1) is 12.8 Å². The lowest BCUT2D eigenvalue weighted by Gasteiger charge is -2.09. The Morgan fingerprint density at radius 3 is 2.71 bits per heavy atom. The van der Waals surface area contributed by atoms with Crippen LogP contribution in [0.4, 0.5) is 11.4 Å². The predicted molar refractivity (Wildman–Crippen MR) is 89.6 cm³/mol. The Hall–Kier alpha value is -1.85. The SMILES string of the molecule is CONc1cc(Br)cc(C=Nc2cc(C)ccc2C)c1O. The van der Waals surface area contributed by atoms with Crippen LogP contribution in [0.25, 0.3) is 0 Å². The Morgan fingerprint density at radius 2 is 2.00 bits per heavy atom. The number of halogens is 1. The third kappa shape index (κ3) is 3.83. The molecule has 2 aromatic carbocycles. The van der Waals surface area contributed by atoms with Gasteiger partial charge < -0.3 is 5.11 Å². The second kappa shape index (κ2) is 6.74. The third-order valence-electron chi connectivity index (χ3n) is 3.02. The van der Waals surface area contributed by atoms with E-state index < -0.39 is 0 Å². The number of aromatic hydroxyl groups is 1. The van der Waals surface area contributed by atoms with Crippen molar-refractivity contribution < 1.29 is 9.94 Å². The summed E-state index contributed by atoms with van der Waals surface area (Å²) >= 11 is 3.40. The van der Waals surface area contributed by atoms with Crippen LogP contribution in [0.3, 0.4) is 0 Å². The van der Waals surface area contributed by atoms with Gasteiger partial charge in [0.25, 0.3) is 0 Å². The fourth-order valence-electron chi connectivity index (χ4n) is 1.90. The summed E-state index contributed by atoms with van der Waals surface area (Å²) in [6.07, 6.45) is 1.64. The molecule has 0 aliphatic carbocycles. The normalized spacial score (nSPS) is 11.0. The van der Waals surface area contributed by atoms with Gasteiger partial charge in [0.1, 0.15) is 11.4 Å². The zero-order valence-corrected chi connectivity index (χ0v) is 13.7. The molecule has 0 fully saturated rings. The topological polar surface area (TPSA) is 53.8 Å². The quantitative estimate of drug-likeness (QED) is 0.486. The van der Waals surface area contributed by atoms with Crippen molar-refractivity contribution in [1.29, 1.82) is 0 Å². The van der Waals surface area contributed by atoms with Crippen molar-refractivity contribution in [2.75, 3.05) is 12.6 Å². The molecule has 110 valence electrons. The molecule has 0 bridgehead atoms. The monoisotopic (exact) mass is 348 g/mol. The number of aliphatic imine (C=N–C) groups is 1. The van der Waals surface area contributed by atoms with E-state index >= 15 is 0 Å². The van der Waals surface area contributed by atoms with Gasteiger partial charge in [-0.15, -0.1) is 0 Å². The first kappa shape index (κ1) is 15.5. The highest BCUT2D eigenvalue weighted by Crippen LogP contribution is 2.31. The predicted octanol–water partition coefficient (Wildman–Crippen LogP) is 4.50. The maximum absolute atomic E-state index is 10.2. The van der Waals surface area contributed by atoms with Gasteiger partial charge in [-0.3, -0.25) is 15.3 Å². The van der Waals surface area contributed by atoms with E-state index in [4.69, 9.17) is 4.84 Å².